The van der Waals surface area contributed by atoms with Gasteiger partial charge in [-0.05, 0) is 6.42 Å². The Bertz CT molecular complexity index is 206. The third-order valence-corrected chi connectivity index (χ3v) is 2.41. The van der Waals surface area contributed by atoms with Gasteiger partial charge in [0.15, 0.2) is 0 Å². The van der Waals surface area contributed by atoms with Gasteiger partial charge in [-0.1, -0.05) is 0 Å². The lowest BCUT2D eigenvalue weighted by Gasteiger charge is -2.27. The summed E-state index contributed by atoms with van der Waals surface area (Å²) in [7, 11) is 0. The van der Waals surface area contributed by atoms with Gasteiger partial charge in [-0.25, -0.2) is 0 Å². The molecule has 2 heterocycles. The molecule has 5 nitrogen and oxygen atoms in total. The van der Waals surface area contributed by atoms with Crippen LogP contribution in [0, 0.1) is 0 Å². The molecule has 2 unspecified atom stereocenters. The summed E-state index contributed by atoms with van der Waals surface area (Å²) in [6, 6.07) is -0.0531. The molecule has 74 valence electrons. The number of β-amino-alcohol motifs (C(OH)–C–C–N with tert-alkyl or cyclic N) is 1. The Labute approximate surface area is 76.5 Å². The lowest BCUT2D eigenvalue weighted by atomic mass is 10.1. The van der Waals surface area contributed by atoms with E-state index in [-0.39, 0.29) is 24.1 Å². The number of hydrogen-bond donors (Lipinski definition) is 3. The quantitative estimate of drug-likeness (QED) is 0.477. The molecule has 2 rings (SSSR count). The lowest BCUT2D eigenvalue weighted by Crippen LogP contribution is -2.53. The molecule has 1 amide bonds. The number of carbonyl (C=O) groups excluding carboxylic acids is 1. The minimum Gasteiger partial charge on any atom is -0.392 e. The van der Waals surface area contributed by atoms with Crippen molar-refractivity contribution in [3.63, 3.8) is 0 Å². The molecule has 0 aromatic rings. The van der Waals surface area contributed by atoms with Gasteiger partial charge in [0.25, 0.3) is 0 Å². The summed E-state index contributed by atoms with van der Waals surface area (Å²) < 4.78 is 4.94. The van der Waals surface area contributed by atoms with Gasteiger partial charge in [-0.3, -0.25) is 4.79 Å². The zero-order valence-corrected chi connectivity index (χ0v) is 7.32. The highest BCUT2D eigenvalue weighted by atomic mass is 16.5. The van der Waals surface area contributed by atoms with Crippen LogP contribution in [0.3, 0.4) is 0 Å². The molecule has 0 aromatic heterocycles. The van der Waals surface area contributed by atoms with Gasteiger partial charge in [-0.15, -0.1) is 0 Å². The fourth-order valence-corrected chi connectivity index (χ4v) is 1.54. The van der Waals surface area contributed by atoms with Crippen LogP contribution >= 0.6 is 0 Å². The van der Waals surface area contributed by atoms with Crippen molar-refractivity contribution in [1.82, 2.24) is 10.6 Å². The summed E-state index contributed by atoms with van der Waals surface area (Å²) in [5, 5.41) is 15.0. The van der Waals surface area contributed by atoms with Crippen molar-refractivity contribution in [2.45, 2.75) is 24.6 Å². The molecule has 0 aromatic carbocycles. The summed E-state index contributed by atoms with van der Waals surface area (Å²) in [6.07, 6.45) is 0.132. The summed E-state index contributed by atoms with van der Waals surface area (Å²) in [6.45, 7) is 1.74. The Morgan fingerprint density at radius 2 is 2.31 bits per heavy atom. The van der Waals surface area contributed by atoms with E-state index in [4.69, 9.17) is 4.74 Å². The Kier molecular flexibility index (Phi) is 2.48. The number of rotatable bonds is 2. The zero-order valence-electron chi connectivity index (χ0n) is 7.32. The van der Waals surface area contributed by atoms with E-state index in [2.05, 4.69) is 10.6 Å². The first kappa shape index (κ1) is 8.93. The standard InChI is InChI=1S/C8H14N2O3/c11-6-1-7(9-2-6)8(12)10-5-3-13-4-5/h5-7,9,11H,1-4H2,(H,10,12). The minimum absolute atomic E-state index is 0.0233. The Hall–Kier alpha value is -0.650. The van der Waals surface area contributed by atoms with Crippen LogP contribution in [-0.2, 0) is 9.53 Å². The maximum Gasteiger partial charge on any atom is 0.237 e. The van der Waals surface area contributed by atoms with E-state index < -0.39 is 0 Å². The number of ether oxygens (including phenoxy) is 1. The van der Waals surface area contributed by atoms with Crippen molar-refractivity contribution < 1.29 is 14.6 Å². The molecule has 0 aliphatic carbocycles. The molecule has 2 fully saturated rings. The van der Waals surface area contributed by atoms with Crippen molar-refractivity contribution in [2.24, 2.45) is 0 Å². The van der Waals surface area contributed by atoms with Crippen LogP contribution in [0.15, 0.2) is 0 Å². The Morgan fingerprint density at radius 1 is 1.54 bits per heavy atom. The summed E-state index contributed by atoms with van der Waals surface area (Å²) in [4.78, 5) is 11.5. The van der Waals surface area contributed by atoms with Crippen LogP contribution in [0.4, 0.5) is 0 Å². The first-order chi connectivity index (χ1) is 6.25. The highest BCUT2D eigenvalue weighted by Gasteiger charge is 2.30. The SMILES string of the molecule is O=C(NC1COC1)C1CC(O)CN1. The second kappa shape index (κ2) is 3.61. The maximum atomic E-state index is 11.5. The maximum absolute atomic E-state index is 11.5. The first-order valence-corrected chi connectivity index (χ1v) is 4.55. The molecule has 5 heteroatoms. The van der Waals surface area contributed by atoms with Crippen LogP contribution < -0.4 is 10.6 Å². The second-order valence-electron chi connectivity index (χ2n) is 3.59. The summed E-state index contributed by atoms with van der Waals surface area (Å²) in [5.74, 6) is -0.0233. The molecular weight excluding hydrogens is 172 g/mol. The fourth-order valence-electron chi connectivity index (χ4n) is 1.54. The van der Waals surface area contributed by atoms with Crippen LogP contribution in [-0.4, -0.2) is 49.0 Å². The number of nitrogens with one attached hydrogen (secondary N) is 2. The van der Waals surface area contributed by atoms with Crippen LogP contribution in [0.2, 0.25) is 0 Å². The minimum atomic E-state index is -0.381. The largest absolute Gasteiger partial charge is 0.392 e. The van der Waals surface area contributed by atoms with E-state index >= 15 is 0 Å². The van der Waals surface area contributed by atoms with Crippen molar-refractivity contribution in [1.29, 1.82) is 0 Å². The molecule has 0 radical (unpaired) electrons. The number of carbonyl (C=O) groups is 1. The van der Waals surface area contributed by atoms with E-state index in [0.29, 0.717) is 26.2 Å². The number of hydrogen-bond acceptors (Lipinski definition) is 4. The third kappa shape index (κ3) is 1.99. The number of aliphatic hydroxyl groups excluding tert-OH is 1. The summed E-state index contributed by atoms with van der Waals surface area (Å²) in [5.41, 5.74) is 0. The van der Waals surface area contributed by atoms with Crippen LogP contribution in [0.25, 0.3) is 0 Å². The van der Waals surface area contributed by atoms with Gasteiger partial charge in [-0.2, -0.15) is 0 Å². The monoisotopic (exact) mass is 186 g/mol. The fraction of sp³-hybridized carbons (Fsp3) is 0.875. The third-order valence-electron chi connectivity index (χ3n) is 2.41. The average molecular weight is 186 g/mol. The zero-order chi connectivity index (χ0) is 9.26. The van der Waals surface area contributed by atoms with Crippen LogP contribution in [0.5, 0.6) is 0 Å². The molecule has 2 atom stereocenters. The van der Waals surface area contributed by atoms with E-state index in [1.165, 1.54) is 0 Å². The normalized spacial score (nSPS) is 34.2. The van der Waals surface area contributed by atoms with Gasteiger partial charge >= 0.3 is 0 Å². The van der Waals surface area contributed by atoms with Gasteiger partial charge in [0.05, 0.1) is 31.4 Å². The van der Waals surface area contributed by atoms with E-state index in [0.717, 1.165) is 0 Å². The van der Waals surface area contributed by atoms with Crippen molar-refractivity contribution in [2.75, 3.05) is 19.8 Å². The molecule has 2 saturated heterocycles. The average Bonchev–Trinajstić information content (AvgIpc) is 2.44. The van der Waals surface area contributed by atoms with E-state index in [9.17, 15) is 9.90 Å². The van der Waals surface area contributed by atoms with E-state index in [1.54, 1.807) is 0 Å². The van der Waals surface area contributed by atoms with Crippen molar-refractivity contribution in [3.05, 3.63) is 0 Å². The van der Waals surface area contributed by atoms with Crippen molar-refractivity contribution >= 4 is 5.91 Å². The van der Waals surface area contributed by atoms with E-state index in [1.807, 2.05) is 0 Å². The van der Waals surface area contributed by atoms with Crippen molar-refractivity contribution in [3.8, 4) is 0 Å². The highest BCUT2D eigenvalue weighted by molar-refractivity contribution is 5.82. The van der Waals surface area contributed by atoms with Gasteiger partial charge in [0.1, 0.15) is 0 Å². The predicted molar refractivity (Wildman–Crippen MR) is 45.2 cm³/mol. The highest BCUT2D eigenvalue weighted by Crippen LogP contribution is 2.07. The Balaban J connectivity index is 1.76. The molecule has 13 heavy (non-hydrogen) atoms. The van der Waals surface area contributed by atoms with Crippen LogP contribution in [0.1, 0.15) is 6.42 Å². The molecular formula is C8H14N2O3. The topological polar surface area (TPSA) is 70.6 Å². The van der Waals surface area contributed by atoms with Gasteiger partial charge < -0.3 is 20.5 Å². The molecule has 2 aliphatic heterocycles. The first-order valence-electron chi connectivity index (χ1n) is 4.55. The molecule has 3 N–H and O–H groups in total. The molecule has 0 saturated carbocycles. The summed E-state index contributed by atoms with van der Waals surface area (Å²) >= 11 is 0. The lowest BCUT2D eigenvalue weighted by molar-refractivity contribution is -0.127. The molecule has 2 aliphatic rings. The second-order valence-corrected chi connectivity index (χ2v) is 3.59. The van der Waals surface area contributed by atoms with Gasteiger partial charge in [0, 0.05) is 6.54 Å². The van der Waals surface area contributed by atoms with Gasteiger partial charge in [0.2, 0.25) is 5.91 Å². The molecule has 0 bridgehead atoms. The molecule has 0 spiro atoms. The predicted octanol–water partition coefficient (Wildman–Crippen LogP) is -1.78. The number of aliphatic hydroxyl groups is 1. The Morgan fingerprint density at radius 3 is 2.77 bits per heavy atom. The number of amides is 1. The smallest absolute Gasteiger partial charge is 0.237 e.